The van der Waals surface area contributed by atoms with E-state index in [0.717, 1.165) is 11.6 Å². The second-order valence-corrected chi connectivity index (χ2v) is 5.56. The summed E-state index contributed by atoms with van der Waals surface area (Å²) in [6.45, 7) is 1.80. The maximum atomic E-state index is 13.0. The molecule has 3 nitrogen and oxygen atoms in total. The molecule has 0 saturated heterocycles. The number of nitrogens with one attached hydrogen (secondary N) is 1. The Balaban J connectivity index is 2.37. The summed E-state index contributed by atoms with van der Waals surface area (Å²) >= 11 is 0. The number of hydrogen-bond donors (Lipinski definition) is 1. The van der Waals surface area contributed by atoms with Crippen LogP contribution in [0.2, 0.25) is 0 Å². The van der Waals surface area contributed by atoms with E-state index in [1.54, 1.807) is 25.1 Å². The van der Waals surface area contributed by atoms with Crippen molar-refractivity contribution in [3.05, 3.63) is 59.9 Å². The molecule has 0 aliphatic carbocycles. The summed E-state index contributed by atoms with van der Waals surface area (Å²) in [7, 11) is -3.75. The maximum Gasteiger partial charge on any atom is 0.262 e. The van der Waals surface area contributed by atoms with Gasteiger partial charge in [0.05, 0.1) is 10.6 Å². The molecule has 5 heteroatoms. The molecule has 2 aromatic carbocycles. The highest BCUT2D eigenvalue weighted by Crippen LogP contribution is 2.19. The van der Waals surface area contributed by atoms with Crippen LogP contribution in [0.3, 0.4) is 0 Å². The van der Waals surface area contributed by atoms with Gasteiger partial charge in [-0.05, 0) is 36.8 Å². The van der Waals surface area contributed by atoms with Gasteiger partial charge in [-0.3, -0.25) is 4.72 Å². The Morgan fingerprint density at radius 1 is 1.06 bits per heavy atom. The SMILES string of the molecule is Cc1ccccc1NS(=O)(=O)c1cccc(F)c1. The Labute approximate surface area is 105 Å². The minimum Gasteiger partial charge on any atom is -0.279 e. The first-order chi connectivity index (χ1) is 8.49. The second-order valence-electron chi connectivity index (χ2n) is 3.88. The number of rotatable bonds is 3. The van der Waals surface area contributed by atoms with Crippen LogP contribution in [-0.4, -0.2) is 8.42 Å². The average molecular weight is 265 g/mol. The molecule has 0 spiro atoms. The van der Waals surface area contributed by atoms with E-state index in [0.29, 0.717) is 5.69 Å². The summed E-state index contributed by atoms with van der Waals surface area (Å²) in [6.07, 6.45) is 0. The van der Waals surface area contributed by atoms with Gasteiger partial charge >= 0.3 is 0 Å². The van der Waals surface area contributed by atoms with Crippen LogP contribution in [-0.2, 0) is 10.0 Å². The molecule has 0 heterocycles. The van der Waals surface area contributed by atoms with Gasteiger partial charge < -0.3 is 0 Å². The lowest BCUT2D eigenvalue weighted by Crippen LogP contribution is -2.13. The van der Waals surface area contributed by atoms with Gasteiger partial charge in [-0.15, -0.1) is 0 Å². The fourth-order valence-electron chi connectivity index (χ4n) is 1.53. The number of para-hydroxylation sites is 1. The molecule has 0 saturated carbocycles. The quantitative estimate of drug-likeness (QED) is 0.927. The minimum atomic E-state index is -3.75. The van der Waals surface area contributed by atoms with E-state index in [-0.39, 0.29) is 4.90 Å². The van der Waals surface area contributed by atoms with E-state index in [2.05, 4.69) is 4.72 Å². The number of sulfonamides is 1. The Bertz CT molecular complexity index is 668. The topological polar surface area (TPSA) is 46.2 Å². The van der Waals surface area contributed by atoms with Gasteiger partial charge in [0.1, 0.15) is 5.82 Å². The van der Waals surface area contributed by atoms with Crippen molar-refractivity contribution in [1.82, 2.24) is 0 Å². The van der Waals surface area contributed by atoms with Gasteiger partial charge in [-0.25, -0.2) is 12.8 Å². The number of hydrogen-bond acceptors (Lipinski definition) is 2. The van der Waals surface area contributed by atoms with Crippen LogP contribution < -0.4 is 4.72 Å². The smallest absolute Gasteiger partial charge is 0.262 e. The molecule has 0 aliphatic heterocycles. The Morgan fingerprint density at radius 3 is 2.44 bits per heavy atom. The van der Waals surface area contributed by atoms with Gasteiger partial charge in [0, 0.05) is 0 Å². The molecular formula is C13H12FNO2S. The zero-order valence-electron chi connectivity index (χ0n) is 9.72. The molecular weight excluding hydrogens is 253 g/mol. The van der Waals surface area contributed by atoms with E-state index in [1.165, 1.54) is 18.2 Å². The standard InChI is InChI=1S/C13H12FNO2S/c1-10-5-2-3-8-13(10)15-18(16,17)12-7-4-6-11(14)9-12/h2-9,15H,1H3. The van der Waals surface area contributed by atoms with Gasteiger partial charge in [-0.2, -0.15) is 0 Å². The van der Waals surface area contributed by atoms with Gasteiger partial charge in [0.2, 0.25) is 0 Å². The fraction of sp³-hybridized carbons (Fsp3) is 0.0769. The van der Waals surface area contributed by atoms with Crippen molar-refractivity contribution in [3.63, 3.8) is 0 Å². The van der Waals surface area contributed by atoms with Crippen molar-refractivity contribution in [2.75, 3.05) is 4.72 Å². The largest absolute Gasteiger partial charge is 0.279 e. The monoisotopic (exact) mass is 265 g/mol. The molecule has 2 aromatic rings. The van der Waals surface area contributed by atoms with Gasteiger partial charge in [0.15, 0.2) is 0 Å². The van der Waals surface area contributed by atoms with E-state index in [4.69, 9.17) is 0 Å². The van der Waals surface area contributed by atoms with Crippen molar-refractivity contribution in [1.29, 1.82) is 0 Å². The summed E-state index contributed by atoms with van der Waals surface area (Å²) in [5.41, 5.74) is 1.29. The normalized spacial score (nSPS) is 11.2. The predicted octanol–water partition coefficient (Wildman–Crippen LogP) is 2.93. The minimum absolute atomic E-state index is 0.0919. The summed E-state index contributed by atoms with van der Waals surface area (Å²) in [5, 5.41) is 0. The van der Waals surface area contributed by atoms with Crippen molar-refractivity contribution < 1.29 is 12.8 Å². The molecule has 0 aliphatic rings. The Kier molecular flexibility index (Phi) is 3.34. The van der Waals surface area contributed by atoms with Crippen molar-refractivity contribution in [2.24, 2.45) is 0 Å². The molecule has 0 aromatic heterocycles. The molecule has 2 rings (SSSR count). The second kappa shape index (κ2) is 4.78. The molecule has 0 atom stereocenters. The fourth-order valence-corrected chi connectivity index (χ4v) is 2.69. The summed E-state index contributed by atoms with van der Waals surface area (Å²) in [6, 6.07) is 11.9. The van der Waals surface area contributed by atoms with Crippen LogP contribution in [0.15, 0.2) is 53.4 Å². The van der Waals surface area contributed by atoms with Crippen molar-refractivity contribution >= 4 is 15.7 Å². The highest BCUT2D eigenvalue weighted by atomic mass is 32.2. The molecule has 0 fully saturated rings. The molecule has 94 valence electrons. The summed E-state index contributed by atoms with van der Waals surface area (Å²) < 4.78 is 39.5. The zero-order chi connectivity index (χ0) is 13.2. The van der Waals surface area contributed by atoms with Crippen LogP contribution in [0, 0.1) is 12.7 Å². The van der Waals surface area contributed by atoms with Crippen LogP contribution in [0.1, 0.15) is 5.56 Å². The molecule has 0 bridgehead atoms. The highest BCUT2D eigenvalue weighted by molar-refractivity contribution is 7.92. The van der Waals surface area contributed by atoms with Gasteiger partial charge in [-0.1, -0.05) is 24.3 Å². The number of aryl methyl sites for hydroxylation is 1. The third kappa shape index (κ3) is 2.68. The van der Waals surface area contributed by atoms with Crippen LogP contribution in [0.4, 0.5) is 10.1 Å². The molecule has 0 amide bonds. The third-order valence-corrected chi connectivity index (χ3v) is 3.86. The Morgan fingerprint density at radius 2 is 1.78 bits per heavy atom. The molecule has 18 heavy (non-hydrogen) atoms. The lowest BCUT2D eigenvalue weighted by atomic mass is 10.2. The predicted molar refractivity (Wildman–Crippen MR) is 68.4 cm³/mol. The van der Waals surface area contributed by atoms with Crippen molar-refractivity contribution in [2.45, 2.75) is 11.8 Å². The average Bonchev–Trinajstić information content (AvgIpc) is 2.32. The molecule has 1 N–H and O–H groups in total. The summed E-state index contributed by atoms with van der Waals surface area (Å²) in [5.74, 6) is -0.581. The summed E-state index contributed by atoms with van der Waals surface area (Å²) in [4.78, 5) is -0.0919. The van der Waals surface area contributed by atoms with E-state index in [9.17, 15) is 12.8 Å². The number of benzene rings is 2. The third-order valence-electron chi connectivity index (χ3n) is 2.50. The highest BCUT2D eigenvalue weighted by Gasteiger charge is 2.15. The zero-order valence-corrected chi connectivity index (χ0v) is 10.5. The maximum absolute atomic E-state index is 13.0. The van der Waals surface area contributed by atoms with E-state index < -0.39 is 15.8 Å². The van der Waals surface area contributed by atoms with Crippen LogP contribution in [0.25, 0.3) is 0 Å². The first-order valence-corrected chi connectivity index (χ1v) is 6.81. The molecule has 0 radical (unpaired) electrons. The van der Waals surface area contributed by atoms with E-state index in [1.807, 2.05) is 6.07 Å². The first-order valence-electron chi connectivity index (χ1n) is 5.33. The number of anilines is 1. The lowest BCUT2D eigenvalue weighted by Gasteiger charge is -2.10. The van der Waals surface area contributed by atoms with Crippen LogP contribution in [0.5, 0.6) is 0 Å². The Hall–Kier alpha value is -1.88. The van der Waals surface area contributed by atoms with E-state index >= 15 is 0 Å². The molecule has 0 unspecified atom stereocenters. The van der Waals surface area contributed by atoms with Gasteiger partial charge in [0.25, 0.3) is 10.0 Å². The lowest BCUT2D eigenvalue weighted by molar-refractivity contribution is 0.595. The van der Waals surface area contributed by atoms with Crippen LogP contribution >= 0.6 is 0 Å². The first kappa shape index (κ1) is 12.6. The number of halogens is 1. The van der Waals surface area contributed by atoms with Crippen molar-refractivity contribution in [3.8, 4) is 0 Å².